The highest BCUT2D eigenvalue weighted by Crippen LogP contribution is 2.65. The van der Waals surface area contributed by atoms with Gasteiger partial charge < -0.3 is 35.1 Å². The van der Waals surface area contributed by atoms with Crippen molar-refractivity contribution in [2.75, 3.05) is 26.2 Å². The van der Waals surface area contributed by atoms with Crippen LogP contribution in [0.25, 0.3) is 0 Å². The Morgan fingerprint density at radius 3 is 2.08 bits per heavy atom. The first-order chi connectivity index (χ1) is 35.5. The number of benzene rings is 1. The van der Waals surface area contributed by atoms with Crippen LogP contribution in [-0.4, -0.2) is 84.5 Å². The van der Waals surface area contributed by atoms with Crippen LogP contribution in [0, 0.1) is 81.8 Å². The van der Waals surface area contributed by atoms with E-state index in [2.05, 4.69) is 77.4 Å². The molecule has 13 rings (SSSR count). The Kier molecular flexibility index (Phi) is 14.5. The molecule has 10 heteroatoms. The Labute approximate surface area is 451 Å². The van der Waals surface area contributed by atoms with Gasteiger partial charge in [-0.1, -0.05) is 108 Å². The molecule has 1 aromatic rings. The number of carbonyl (C=O) groups is 3. The van der Waals surface area contributed by atoms with Crippen LogP contribution in [0.2, 0.25) is 0 Å². The van der Waals surface area contributed by atoms with E-state index in [1.807, 2.05) is 35.2 Å². The molecule has 12 aliphatic rings. The summed E-state index contributed by atoms with van der Waals surface area (Å²) in [5.74, 6) is 7.71. The SMILES string of the molecule is C.CC1=C2C[C@H]3[C@@H](CC[C@@H]4CNC(=O)C=C[C@@]43C)[C@@H]2CC[C@@]2(C1)O[C@@H]1C[C@H](C)CN(C(=O)OCc3ccccc3)[C@H]1[C@H]2C.CC1=C2C[C@H]3[C@@H](CC[C@@H]4CNC(=O)CC[C@@]43C)[C@@H]2CC[C@@]2(C1)O[C@@H]1C[C@H](C)CN[C@H]1[C@H]2C. The molecule has 0 unspecified atom stereocenters. The number of allylic oxidation sites excluding steroid dienone is 3. The number of likely N-dealkylation sites (tertiary alicyclic amines) is 1. The number of ether oxygens (including phenoxy) is 3. The van der Waals surface area contributed by atoms with Crippen molar-refractivity contribution in [3.05, 3.63) is 70.3 Å². The van der Waals surface area contributed by atoms with E-state index in [9.17, 15) is 14.4 Å². The Bertz CT molecular complexity index is 2440. The van der Waals surface area contributed by atoms with Gasteiger partial charge in [0.2, 0.25) is 11.8 Å². The van der Waals surface area contributed by atoms with Crippen LogP contribution in [0.15, 0.2) is 64.8 Å². The summed E-state index contributed by atoms with van der Waals surface area (Å²) in [7, 11) is 0. The van der Waals surface area contributed by atoms with Gasteiger partial charge >= 0.3 is 6.09 Å². The maximum atomic E-state index is 13.5. The zero-order valence-electron chi connectivity index (χ0n) is 46.5. The van der Waals surface area contributed by atoms with Crippen LogP contribution in [0.5, 0.6) is 0 Å². The highest BCUT2D eigenvalue weighted by atomic mass is 16.6. The molecule has 10 nitrogen and oxygen atoms in total. The second-order valence-corrected chi connectivity index (χ2v) is 27.8. The average Bonchev–Trinajstić information content (AvgIpc) is 4.03. The van der Waals surface area contributed by atoms with Crippen molar-refractivity contribution >= 4 is 17.9 Å². The molecule has 412 valence electrons. The largest absolute Gasteiger partial charge is 0.445 e. The predicted molar refractivity (Wildman–Crippen MR) is 296 cm³/mol. The molecular formula is C65H96N4O6. The summed E-state index contributed by atoms with van der Waals surface area (Å²) in [5, 5.41) is 10.2. The van der Waals surface area contributed by atoms with Crippen molar-refractivity contribution in [2.24, 2.45) is 81.8 Å². The summed E-state index contributed by atoms with van der Waals surface area (Å²) in [4.78, 5) is 39.9. The summed E-state index contributed by atoms with van der Waals surface area (Å²) < 4.78 is 20.1. The topological polar surface area (TPSA) is 118 Å². The molecule has 9 fully saturated rings. The summed E-state index contributed by atoms with van der Waals surface area (Å²) in [5.41, 5.74) is 7.89. The number of hydrogen-bond donors (Lipinski definition) is 3. The highest BCUT2D eigenvalue weighted by molar-refractivity contribution is 5.88. The fraction of sp³-hybridized carbons (Fsp3) is 0.769. The fourth-order valence-corrected chi connectivity index (χ4v) is 19.9. The van der Waals surface area contributed by atoms with Gasteiger partial charge in [-0.3, -0.25) is 9.59 Å². The molecule has 4 saturated carbocycles. The second-order valence-electron chi connectivity index (χ2n) is 27.8. The third kappa shape index (κ3) is 9.12. The number of hydrogen-bond acceptors (Lipinski definition) is 7. The van der Waals surface area contributed by atoms with Gasteiger partial charge in [-0.2, -0.15) is 0 Å². The molecule has 0 aromatic heterocycles. The molecular weight excluding hydrogens is 933 g/mol. The van der Waals surface area contributed by atoms with Crippen molar-refractivity contribution in [3.8, 4) is 0 Å². The minimum atomic E-state index is -0.228. The molecule has 20 atom stereocenters. The molecule has 5 saturated heterocycles. The van der Waals surface area contributed by atoms with E-state index in [1.54, 1.807) is 22.8 Å². The van der Waals surface area contributed by atoms with Crippen molar-refractivity contribution in [1.82, 2.24) is 20.9 Å². The van der Waals surface area contributed by atoms with Crippen LogP contribution < -0.4 is 16.0 Å². The highest BCUT2D eigenvalue weighted by Gasteiger charge is 2.62. The van der Waals surface area contributed by atoms with Crippen LogP contribution in [-0.2, 0) is 30.4 Å². The van der Waals surface area contributed by atoms with Gasteiger partial charge in [0, 0.05) is 43.9 Å². The lowest BCUT2D eigenvalue weighted by Crippen LogP contribution is -2.54. The third-order valence-electron chi connectivity index (χ3n) is 24.1. The molecule has 1 aromatic carbocycles. The quantitative estimate of drug-likeness (QED) is 0.253. The third-order valence-corrected chi connectivity index (χ3v) is 24.1. The molecule has 6 aliphatic heterocycles. The van der Waals surface area contributed by atoms with E-state index in [0.717, 1.165) is 107 Å². The average molecular weight is 1030 g/mol. The lowest BCUT2D eigenvalue weighted by molar-refractivity contribution is -0.121. The van der Waals surface area contributed by atoms with Gasteiger partial charge in [-0.25, -0.2) is 4.79 Å². The Morgan fingerprint density at radius 1 is 0.733 bits per heavy atom. The Balaban J connectivity index is 0.000000164. The van der Waals surface area contributed by atoms with Crippen molar-refractivity contribution in [1.29, 1.82) is 0 Å². The van der Waals surface area contributed by atoms with E-state index >= 15 is 0 Å². The smallest absolute Gasteiger partial charge is 0.410 e. The van der Waals surface area contributed by atoms with Crippen LogP contribution in [0.3, 0.4) is 0 Å². The molecule has 2 spiro atoms. The number of carbonyl (C=O) groups excluding carboxylic acids is 3. The van der Waals surface area contributed by atoms with Gasteiger partial charge in [0.05, 0.1) is 29.5 Å². The van der Waals surface area contributed by atoms with Crippen molar-refractivity contribution < 1.29 is 28.6 Å². The zero-order chi connectivity index (χ0) is 51.5. The predicted octanol–water partition coefficient (Wildman–Crippen LogP) is 12.1. The lowest BCUT2D eigenvalue weighted by Gasteiger charge is -2.49. The zero-order valence-corrected chi connectivity index (χ0v) is 46.5. The first-order valence-corrected chi connectivity index (χ1v) is 30.2. The molecule has 0 radical (unpaired) electrons. The minimum Gasteiger partial charge on any atom is -0.445 e. The van der Waals surface area contributed by atoms with E-state index in [4.69, 9.17) is 14.2 Å². The number of amides is 3. The Morgan fingerprint density at radius 2 is 1.36 bits per heavy atom. The molecule has 0 bridgehead atoms. The van der Waals surface area contributed by atoms with Gasteiger partial charge in [0.1, 0.15) is 6.61 Å². The van der Waals surface area contributed by atoms with E-state index < -0.39 is 0 Å². The normalized spacial score (nSPS) is 46.5. The van der Waals surface area contributed by atoms with Gasteiger partial charge in [-0.05, 0) is 198 Å². The second kappa shape index (κ2) is 20.3. The lowest BCUT2D eigenvalue weighted by atomic mass is 9.55. The number of nitrogens with zero attached hydrogens (tertiary/aromatic N) is 1. The maximum Gasteiger partial charge on any atom is 0.410 e. The Hall–Kier alpha value is -3.47. The summed E-state index contributed by atoms with van der Waals surface area (Å²) in [6.45, 7) is 23.1. The fourth-order valence-electron chi connectivity index (χ4n) is 19.9. The van der Waals surface area contributed by atoms with Crippen molar-refractivity contribution in [2.45, 2.75) is 208 Å². The summed E-state index contributed by atoms with van der Waals surface area (Å²) in [6.07, 6.45) is 22.7. The molecule has 6 heterocycles. The molecule has 75 heavy (non-hydrogen) atoms. The van der Waals surface area contributed by atoms with Gasteiger partial charge in [0.15, 0.2) is 0 Å². The van der Waals surface area contributed by atoms with Crippen LogP contribution in [0.4, 0.5) is 4.79 Å². The molecule has 3 N–H and O–H groups in total. The van der Waals surface area contributed by atoms with Crippen molar-refractivity contribution in [3.63, 3.8) is 0 Å². The van der Waals surface area contributed by atoms with Gasteiger partial charge in [0.25, 0.3) is 0 Å². The van der Waals surface area contributed by atoms with E-state index in [1.165, 1.54) is 56.9 Å². The first-order valence-electron chi connectivity index (χ1n) is 30.2. The monoisotopic (exact) mass is 1030 g/mol. The van der Waals surface area contributed by atoms with Crippen LogP contribution in [0.1, 0.15) is 171 Å². The number of nitrogens with one attached hydrogen (secondary N) is 3. The number of piperidine rings is 2. The standard InChI is InChI=1S/C36H48N2O4.C28H44N2O2.CH4/c1-22-16-31-33(38(20-22)34(40)41-21-25-8-6-5-7-9-25)24(3)36(42-31)15-12-27-28-11-10-26-19-37-32(39)13-14-35(26,4)30(28)17-29(27)23(2)18-36;1-16-11-24-26(30-14-16)18(3)28(32-24)10-7-20-21-6-5-19-15-29-25(31)8-9-27(19,4)23(21)12-22(20)17(2)13-28;/h5-9,13-14,22,24,26-28,30-31,33H,10-12,15-21H2,1-4H3,(H,37,39);16,18-21,23-24,26,30H,5-15H2,1-4H3,(H,29,31);1H4/t22-,24+,26+,27-,28-,30-,31+,33-,35-,36-;16-,18+,19+,20-,21-,23-,24+,26-,27-,28-;/m00./s1. The van der Waals surface area contributed by atoms with E-state index in [-0.39, 0.29) is 60.0 Å². The molecule has 6 aliphatic carbocycles. The van der Waals surface area contributed by atoms with Gasteiger partial charge in [-0.15, -0.1) is 0 Å². The first kappa shape index (κ1) is 53.5. The summed E-state index contributed by atoms with van der Waals surface area (Å²) >= 11 is 0. The maximum absolute atomic E-state index is 13.5. The van der Waals surface area contributed by atoms with E-state index in [0.29, 0.717) is 65.6 Å². The number of fused-ring (bicyclic) bond motifs is 12. The minimum absolute atomic E-state index is 0. The summed E-state index contributed by atoms with van der Waals surface area (Å²) in [6, 6.07) is 10.6. The number of rotatable bonds is 2. The van der Waals surface area contributed by atoms with Crippen LogP contribution >= 0.6 is 0 Å². The molecule has 3 amide bonds.